The van der Waals surface area contributed by atoms with Gasteiger partial charge < -0.3 is 10.2 Å². The van der Waals surface area contributed by atoms with Gasteiger partial charge in [-0.3, -0.25) is 4.79 Å². The Morgan fingerprint density at radius 2 is 1.64 bits per heavy atom. The zero-order valence-electron chi connectivity index (χ0n) is 17.6. The lowest BCUT2D eigenvalue weighted by Gasteiger charge is -2.39. The third kappa shape index (κ3) is 5.68. The van der Waals surface area contributed by atoms with Gasteiger partial charge in [0.15, 0.2) is 0 Å². The van der Waals surface area contributed by atoms with Crippen molar-refractivity contribution >= 4 is 16.1 Å². The van der Waals surface area contributed by atoms with E-state index < -0.39 is 10.2 Å². The monoisotopic (exact) mass is 414 g/mol. The molecule has 3 atom stereocenters. The van der Waals surface area contributed by atoms with Gasteiger partial charge in [0.25, 0.3) is 10.2 Å². The maximum absolute atomic E-state index is 13.1. The number of likely N-dealkylation sites (tertiary alicyclic amines) is 1. The summed E-state index contributed by atoms with van der Waals surface area (Å²) in [5.41, 5.74) is 0. The summed E-state index contributed by atoms with van der Waals surface area (Å²) in [6.07, 6.45) is 6.14. The Balaban J connectivity index is 1.47. The minimum Gasteiger partial charge on any atom is -0.356 e. The van der Waals surface area contributed by atoms with E-state index in [-0.39, 0.29) is 11.8 Å². The Bertz CT molecular complexity index is 611. The number of hydrogen-bond donors (Lipinski definition) is 1. The molecule has 3 heterocycles. The number of rotatable bonds is 7. The van der Waals surface area contributed by atoms with Crippen molar-refractivity contribution in [1.82, 2.24) is 18.8 Å². The number of amides is 1. The van der Waals surface area contributed by atoms with Crippen molar-refractivity contribution in [2.75, 3.05) is 52.4 Å². The van der Waals surface area contributed by atoms with Gasteiger partial charge in [0.2, 0.25) is 5.91 Å². The summed E-state index contributed by atoms with van der Waals surface area (Å²) in [6, 6.07) is 0. The van der Waals surface area contributed by atoms with Gasteiger partial charge in [0.05, 0.1) is 5.92 Å². The Morgan fingerprint density at radius 1 is 0.964 bits per heavy atom. The van der Waals surface area contributed by atoms with Gasteiger partial charge in [-0.15, -0.1) is 0 Å². The molecule has 3 fully saturated rings. The van der Waals surface area contributed by atoms with E-state index in [4.69, 9.17) is 0 Å². The lowest BCUT2D eigenvalue weighted by molar-refractivity contribution is -0.126. The Labute approximate surface area is 171 Å². The van der Waals surface area contributed by atoms with Crippen molar-refractivity contribution in [2.45, 2.75) is 52.4 Å². The van der Waals surface area contributed by atoms with Crippen LogP contribution in [0, 0.1) is 17.8 Å². The molecule has 0 saturated carbocycles. The zero-order chi connectivity index (χ0) is 20.1. The number of carbonyl (C=O) groups is 1. The maximum Gasteiger partial charge on any atom is 0.282 e. The third-order valence-corrected chi connectivity index (χ3v) is 8.33. The minimum atomic E-state index is -3.47. The van der Waals surface area contributed by atoms with E-state index in [0.717, 1.165) is 32.2 Å². The van der Waals surface area contributed by atoms with Crippen LogP contribution >= 0.6 is 0 Å². The highest BCUT2D eigenvalue weighted by atomic mass is 32.2. The molecule has 8 heteroatoms. The molecule has 1 N–H and O–H groups in total. The predicted octanol–water partition coefficient (Wildman–Crippen LogP) is 1.52. The molecule has 3 rings (SSSR count). The number of carbonyl (C=O) groups excluding carboxylic acids is 1. The molecular weight excluding hydrogens is 376 g/mol. The van der Waals surface area contributed by atoms with Crippen LogP contribution in [-0.2, 0) is 15.0 Å². The van der Waals surface area contributed by atoms with Gasteiger partial charge in [-0.1, -0.05) is 13.8 Å². The van der Waals surface area contributed by atoms with Crippen molar-refractivity contribution in [1.29, 1.82) is 0 Å². The summed E-state index contributed by atoms with van der Waals surface area (Å²) in [5, 5.41) is 3.04. The molecule has 0 aromatic heterocycles. The van der Waals surface area contributed by atoms with E-state index in [1.165, 1.54) is 25.9 Å². The van der Waals surface area contributed by atoms with E-state index in [2.05, 4.69) is 24.1 Å². The molecule has 3 saturated heterocycles. The molecule has 3 aliphatic heterocycles. The molecule has 7 nitrogen and oxygen atoms in total. The van der Waals surface area contributed by atoms with E-state index in [1.54, 1.807) is 8.61 Å². The Hall–Kier alpha value is -0.700. The van der Waals surface area contributed by atoms with Crippen molar-refractivity contribution in [2.24, 2.45) is 17.8 Å². The summed E-state index contributed by atoms with van der Waals surface area (Å²) in [6.45, 7) is 10.3. The first-order valence-corrected chi connectivity index (χ1v) is 12.5. The quantitative estimate of drug-likeness (QED) is 0.641. The molecular formula is C20H38N4O3S. The van der Waals surface area contributed by atoms with Crippen molar-refractivity contribution < 1.29 is 13.2 Å². The maximum atomic E-state index is 13.1. The second-order valence-corrected chi connectivity index (χ2v) is 11.1. The molecule has 1 amide bonds. The molecule has 0 aromatic carbocycles. The lowest BCUT2D eigenvalue weighted by atomic mass is 9.94. The molecule has 0 unspecified atom stereocenters. The second kappa shape index (κ2) is 9.87. The average molecular weight is 415 g/mol. The highest BCUT2D eigenvalue weighted by molar-refractivity contribution is 7.86. The lowest BCUT2D eigenvalue weighted by Crippen LogP contribution is -2.53. The second-order valence-electron chi connectivity index (χ2n) is 9.16. The average Bonchev–Trinajstić information content (AvgIpc) is 3.18. The number of hydrogen-bond acceptors (Lipinski definition) is 4. The highest BCUT2D eigenvalue weighted by Gasteiger charge is 2.38. The van der Waals surface area contributed by atoms with Crippen LogP contribution in [0.15, 0.2) is 0 Å². The Kier molecular flexibility index (Phi) is 7.75. The van der Waals surface area contributed by atoms with Crippen LogP contribution in [0.4, 0.5) is 0 Å². The van der Waals surface area contributed by atoms with Crippen LogP contribution in [0.2, 0.25) is 0 Å². The largest absolute Gasteiger partial charge is 0.356 e. The van der Waals surface area contributed by atoms with Gasteiger partial charge in [-0.25, -0.2) is 0 Å². The number of piperidine rings is 2. The number of nitrogens with zero attached hydrogens (tertiary/aromatic N) is 3. The first-order chi connectivity index (χ1) is 13.4. The summed E-state index contributed by atoms with van der Waals surface area (Å²) < 4.78 is 29.4. The predicted molar refractivity (Wildman–Crippen MR) is 111 cm³/mol. The fourth-order valence-corrected chi connectivity index (χ4v) is 6.93. The molecule has 0 aliphatic carbocycles. The van der Waals surface area contributed by atoms with Gasteiger partial charge in [0, 0.05) is 32.7 Å². The Morgan fingerprint density at radius 3 is 2.32 bits per heavy atom. The van der Waals surface area contributed by atoms with Crippen molar-refractivity contribution in [3.8, 4) is 0 Å². The highest BCUT2D eigenvalue weighted by Crippen LogP contribution is 2.27. The molecule has 3 aliphatic rings. The molecule has 28 heavy (non-hydrogen) atoms. The fourth-order valence-electron chi connectivity index (χ4n) is 4.99. The molecule has 0 bridgehead atoms. The van der Waals surface area contributed by atoms with Crippen LogP contribution in [0.25, 0.3) is 0 Å². The van der Waals surface area contributed by atoms with Crippen LogP contribution < -0.4 is 5.32 Å². The van der Waals surface area contributed by atoms with E-state index in [0.29, 0.717) is 44.6 Å². The van der Waals surface area contributed by atoms with E-state index >= 15 is 0 Å². The smallest absolute Gasteiger partial charge is 0.282 e. The van der Waals surface area contributed by atoms with Gasteiger partial charge in [0.1, 0.15) is 0 Å². The summed E-state index contributed by atoms with van der Waals surface area (Å²) >= 11 is 0. The van der Waals surface area contributed by atoms with E-state index in [1.807, 2.05) is 0 Å². The van der Waals surface area contributed by atoms with Crippen LogP contribution in [0.1, 0.15) is 52.4 Å². The number of nitrogens with one attached hydrogen (secondary N) is 1. The van der Waals surface area contributed by atoms with Crippen molar-refractivity contribution in [3.05, 3.63) is 0 Å². The molecule has 162 valence electrons. The topological polar surface area (TPSA) is 73.0 Å². The van der Waals surface area contributed by atoms with Gasteiger partial charge in [-0.05, 0) is 70.0 Å². The summed E-state index contributed by atoms with van der Waals surface area (Å²) in [7, 11) is -3.47. The zero-order valence-corrected chi connectivity index (χ0v) is 18.4. The summed E-state index contributed by atoms with van der Waals surface area (Å²) in [5.74, 6) is 0.563. The third-order valence-electron chi connectivity index (χ3n) is 6.39. The SMILES string of the molecule is C[C@@H]1C[C@@H](C)CN(S(=O)(=O)N2CCC[C@@H](C(=O)NCCCN3CCCC3)C2)C1. The summed E-state index contributed by atoms with van der Waals surface area (Å²) in [4.78, 5) is 15.0. The van der Waals surface area contributed by atoms with Crippen LogP contribution in [0.5, 0.6) is 0 Å². The van der Waals surface area contributed by atoms with Crippen LogP contribution in [0.3, 0.4) is 0 Å². The first-order valence-electron chi connectivity index (χ1n) is 11.1. The standard InChI is InChI=1S/C20H38N4O3S/c1-17-13-18(2)15-24(14-17)28(26,27)23-12-5-7-19(16-23)20(25)21-8-6-11-22-9-3-4-10-22/h17-19H,3-16H2,1-2H3,(H,21,25)/t17-,18-,19-/m1/s1. The van der Waals surface area contributed by atoms with E-state index in [9.17, 15) is 13.2 Å². The normalized spacial score (nSPS) is 31.1. The van der Waals surface area contributed by atoms with Crippen molar-refractivity contribution in [3.63, 3.8) is 0 Å². The molecule has 0 aromatic rings. The molecule has 0 spiro atoms. The minimum absolute atomic E-state index is 0.0155. The fraction of sp³-hybridized carbons (Fsp3) is 0.950. The molecule has 0 radical (unpaired) electrons. The first kappa shape index (κ1) is 22.0. The van der Waals surface area contributed by atoms with Crippen LogP contribution in [-0.4, -0.2) is 80.2 Å². The van der Waals surface area contributed by atoms with Gasteiger partial charge >= 0.3 is 0 Å². The van der Waals surface area contributed by atoms with Gasteiger partial charge in [-0.2, -0.15) is 17.0 Å².